The quantitative estimate of drug-likeness (QED) is 0.372. The van der Waals surface area contributed by atoms with Crippen LogP contribution in [0.25, 0.3) is 11.5 Å². The van der Waals surface area contributed by atoms with Crippen LogP contribution in [0.5, 0.6) is 0 Å². The maximum Gasteiger partial charge on any atom is 0.276 e. The lowest BCUT2D eigenvalue weighted by molar-refractivity contribution is 0.466. The number of anilines is 1. The fourth-order valence-corrected chi connectivity index (χ4v) is 4.71. The Morgan fingerprint density at radius 3 is 2.32 bits per heavy atom. The van der Waals surface area contributed by atoms with E-state index in [1.165, 1.54) is 17.3 Å². The van der Waals surface area contributed by atoms with Crippen molar-refractivity contribution >= 4 is 27.5 Å². The average molecular weight is 452 g/mol. The topological polar surface area (TPSA) is 85.1 Å². The molecule has 0 radical (unpaired) electrons. The lowest BCUT2D eigenvalue weighted by Crippen LogP contribution is -2.12. The van der Waals surface area contributed by atoms with Gasteiger partial charge in [-0.2, -0.15) is 0 Å². The van der Waals surface area contributed by atoms with E-state index in [1.54, 1.807) is 48.5 Å². The van der Waals surface area contributed by atoms with Crippen LogP contribution in [-0.2, 0) is 16.4 Å². The SMILES string of the molecule is Cc1ccc(S(=O)(=O)Nc2ccc(-c3nnc(SCCc4ccccc4)o3)cc2)cc1. The van der Waals surface area contributed by atoms with Crippen molar-refractivity contribution < 1.29 is 12.8 Å². The van der Waals surface area contributed by atoms with Crippen LogP contribution in [0.15, 0.2) is 93.4 Å². The maximum atomic E-state index is 12.5. The van der Waals surface area contributed by atoms with E-state index in [0.717, 1.165) is 23.3 Å². The zero-order valence-corrected chi connectivity index (χ0v) is 18.5. The molecule has 4 rings (SSSR count). The van der Waals surface area contributed by atoms with Crippen molar-refractivity contribution in [1.82, 2.24) is 10.2 Å². The first-order valence-corrected chi connectivity index (χ1v) is 12.2. The van der Waals surface area contributed by atoms with Crippen molar-refractivity contribution in [3.63, 3.8) is 0 Å². The molecule has 0 saturated carbocycles. The lowest BCUT2D eigenvalue weighted by atomic mass is 10.2. The Balaban J connectivity index is 1.37. The fourth-order valence-electron chi connectivity index (χ4n) is 2.90. The number of sulfonamides is 1. The molecule has 6 nitrogen and oxygen atoms in total. The van der Waals surface area contributed by atoms with Gasteiger partial charge in [-0.1, -0.05) is 59.8 Å². The van der Waals surface area contributed by atoms with E-state index in [2.05, 4.69) is 27.1 Å². The number of hydrogen-bond donors (Lipinski definition) is 1. The number of aromatic nitrogens is 2. The molecule has 0 saturated heterocycles. The molecule has 31 heavy (non-hydrogen) atoms. The molecule has 0 aliphatic heterocycles. The van der Waals surface area contributed by atoms with E-state index >= 15 is 0 Å². The minimum atomic E-state index is -3.64. The smallest absolute Gasteiger partial charge is 0.276 e. The molecule has 1 aromatic heterocycles. The van der Waals surface area contributed by atoms with Gasteiger partial charge in [0.15, 0.2) is 0 Å². The molecule has 1 heterocycles. The van der Waals surface area contributed by atoms with Crippen LogP contribution in [0.1, 0.15) is 11.1 Å². The van der Waals surface area contributed by atoms with Gasteiger partial charge in [-0.15, -0.1) is 10.2 Å². The largest absolute Gasteiger partial charge is 0.411 e. The summed E-state index contributed by atoms with van der Waals surface area (Å²) in [7, 11) is -3.64. The molecular weight excluding hydrogens is 430 g/mol. The number of nitrogens with zero attached hydrogens (tertiary/aromatic N) is 2. The van der Waals surface area contributed by atoms with Crippen molar-refractivity contribution in [2.24, 2.45) is 0 Å². The highest BCUT2D eigenvalue weighted by atomic mass is 32.2. The first-order valence-electron chi connectivity index (χ1n) is 9.70. The van der Waals surface area contributed by atoms with Crippen molar-refractivity contribution in [3.8, 4) is 11.5 Å². The third-order valence-electron chi connectivity index (χ3n) is 4.58. The van der Waals surface area contributed by atoms with Crippen molar-refractivity contribution in [1.29, 1.82) is 0 Å². The molecule has 3 aromatic carbocycles. The molecule has 8 heteroatoms. The Morgan fingerprint density at radius 1 is 0.903 bits per heavy atom. The van der Waals surface area contributed by atoms with Crippen molar-refractivity contribution in [3.05, 3.63) is 90.0 Å². The standard InChI is InChI=1S/C23H21N3O3S2/c1-17-7-13-21(14-8-17)31(27,28)26-20-11-9-19(10-12-20)22-24-25-23(29-22)30-16-15-18-5-3-2-4-6-18/h2-14,26H,15-16H2,1H3. The predicted octanol–water partition coefficient (Wildman–Crippen LogP) is 5.18. The summed E-state index contributed by atoms with van der Waals surface area (Å²) >= 11 is 1.51. The summed E-state index contributed by atoms with van der Waals surface area (Å²) in [5, 5.41) is 8.69. The third kappa shape index (κ3) is 5.53. The lowest BCUT2D eigenvalue weighted by Gasteiger charge is -2.08. The number of rotatable bonds is 8. The summed E-state index contributed by atoms with van der Waals surface area (Å²) in [5.74, 6) is 1.24. The highest BCUT2D eigenvalue weighted by Crippen LogP contribution is 2.25. The van der Waals surface area contributed by atoms with Gasteiger partial charge in [0, 0.05) is 17.0 Å². The van der Waals surface area contributed by atoms with Crippen LogP contribution in [0.2, 0.25) is 0 Å². The van der Waals surface area contributed by atoms with Gasteiger partial charge < -0.3 is 4.42 Å². The van der Waals surface area contributed by atoms with Crippen LogP contribution in [-0.4, -0.2) is 24.4 Å². The molecule has 0 fully saturated rings. The van der Waals surface area contributed by atoms with Crippen LogP contribution >= 0.6 is 11.8 Å². The van der Waals surface area contributed by atoms with Crippen molar-refractivity contribution in [2.45, 2.75) is 23.5 Å². The maximum absolute atomic E-state index is 12.5. The fraction of sp³-hybridized carbons (Fsp3) is 0.130. The van der Waals surface area contributed by atoms with E-state index < -0.39 is 10.0 Å². The van der Waals surface area contributed by atoms with E-state index in [9.17, 15) is 8.42 Å². The van der Waals surface area contributed by atoms with E-state index in [4.69, 9.17) is 4.42 Å². The number of thioether (sulfide) groups is 1. The van der Waals surface area contributed by atoms with Gasteiger partial charge >= 0.3 is 0 Å². The summed E-state index contributed by atoms with van der Waals surface area (Å²) in [5.41, 5.74) is 3.45. The summed E-state index contributed by atoms with van der Waals surface area (Å²) in [4.78, 5) is 0.219. The minimum Gasteiger partial charge on any atom is -0.411 e. The summed E-state index contributed by atoms with van der Waals surface area (Å²) in [6, 6.07) is 23.8. The first-order chi connectivity index (χ1) is 15.0. The normalized spacial score (nSPS) is 11.4. The van der Waals surface area contributed by atoms with E-state index in [1.807, 2.05) is 25.1 Å². The van der Waals surface area contributed by atoms with Gasteiger partial charge in [-0.3, -0.25) is 4.72 Å². The second kappa shape index (κ2) is 9.36. The average Bonchev–Trinajstić information content (AvgIpc) is 3.24. The molecule has 0 amide bonds. The zero-order valence-electron chi connectivity index (χ0n) is 16.9. The molecule has 158 valence electrons. The Kier molecular flexibility index (Phi) is 6.39. The Labute approximate surface area is 185 Å². The minimum absolute atomic E-state index is 0.219. The highest BCUT2D eigenvalue weighted by molar-refractivity contribution is 7.99. The Morgan fingerprint density at radius 2 is 1.61 bits per heavy atom. The summed E-state index contributed by atoms with van der Waals surface area (Å²) in [6.45, 7) is 1.91. The molecule has 4 aromatic rings. The van der Waals surface area contributed by atoms with Gasteiger partial charge in [-0.25, -0.2) is 8.42 Å². The zero-order chi connectivity index (χ0) is 21.7. The monoisotopic (exact) mass is 451 g/mol. The molecule has 1 N–H and O–H groups in total. The molecule has 0 bridgehead atoms. The molecular formula is C23H21N3O3S2. The summed E-state index contributed by atoms with van der Waals surface area (Å²) < 4.78 is 33.4. The number of nitrogens with one attached hydrogen (secondary N) is 1. The predicted molar refractivity (Wildman–Crippen MR) is 123 cm³/mol. The highest BCUT2D eigenvalue weighted by Gasteiger charge is 2.14. The van der Waals surface area contributed by atoms with Gasteiger partial charge in [0.25, 0.3) is 15.2 Å². The Hall–Kier alpha value is -3.10. The number of benzene rings is 3. The third-order valence-corrected chi connectivity index (χ3v) is 6.80. The van der Waals surface area contributed by atoms with Gasteiger partial charge in [0.2, 0.25) is 5.89 Å². The molecule has 0 aliphatic carbocycles. The van der Waals surface area contributed by atoms with Crippen LogP contribution < -0.4 is 4.72 Å². The van der Waals surface area contributed by atoms with Crippen molar-refractivity contribution in [2.75, 3.05) is 10.5 Å². The van der Waals surface area contributed by atoms with Crippen LogP contribution in [0, 0.1) is 6.92 Å². The van der Waals surface area contributed by atoms with Crippen LogP contribution in [0.3, 0.4) is 0 Å². The molecule has 0 unspecified atom stereocenters. The first kappa shape index (κ1) is 21.1. The van der Waals surface area contributed by atoms with Crippen LogP contribution in [0.4, 0.5) is 5.69 Å². The van der Waals surface area contributed by atoms with Gasteiger partial charge in [0.05, 0.1) is 4.90 Å². The van der Waals surface area contributed by atoms with Gasteiger partial charge in [0.1, 0.15) is 0 Å². The molecule has 0 atom stereocenters. The van der Waals surface area contributed by atoms with Gasteiger partial charge in [-0.05, 0) is 55.3 Å². The second-order valence-electron chi connectivity index (χ2n) is 6.95. The second-order valence-corrected chi connectivity index (χ2v) is 9.68. The van der Waals surface area contributed by atoms with E-state index in [0.29, 0.717) is 16.8 Å². The molecule has 0 spiro atoms. The number of hydrogen-bond acceptors (Lipinski definition) is 6. The Bertz CT molecular complexity index is 1240. The number of aryl methyl sites for hydroxylation is 2. The molecule has 0 aliphatic rings. The van der Waals surface area contributed by atoms with E-state index in [-0.39, 0.29) is 4.90 Å². The summed E-state index contributed by atoms with van der Waals surface area (Å²) in [6.07, 6.45) is 0.916.